The predicted molar refractivity (Wildman–Crippen MR) is 111 cm³/mol. The van der Waals surface area contributed by atoms with Crippen LogP contribution in [0.3, 0.4) is 0 Å². The van der Waals surface area contributed by atoms with Crippen molar-refractivity contribution >= 4 is 5.97 Å². The molecule has 0 amide bonds. The van der Waals surface area contributed by atoms with E-state index in [0.29, 0.717) is 18.3 Å². The number of aliphatic carboxylic acids is 1. The van der Waals surface area contributed by atoms with Gasteiger partial charge in [-0.3, -0.25) is 0 Å². The largest absolute Gasteiger partial charge is 0.477 e. The average molecular weight is 411 g/mol. The van der Waals surface area contributed by atoms with Crippen molar-refractivity contribution in [2.24, 2.45) is 11.8 Å². The zero-order chi connectivity index (χ0) is 21.5. The lowest BCUT2D eigenvalue weighted by atomic mass is 9.90. The Kier molecular flexibility index (Phi) is 8.89. The Morgan fingerprint density at radius 2 is 1.86 bits per heavy atom. The van der Waals surface area contributed by atoms with E-state index in [1.165, 1.54) is 25.7 Å². The molecular formula is C23H38O6. The predicted octanol–water partition coefficient (Wildman–Crippen LogP) is 4.16. The van der Waals surface area contributed by atoms with Crippen LogP contribution >= 0.6 is 0 Å². The van der Waals surface area contributed by atoms with Crippen molar-refractivity contribution in [2.75, 3.05) is 0 Å². The van der Waals surface area contributed by atoms with E-state index in [-0.39, 0.29) is 18.6 Å². The molecule has 1 saturated carbocycles. The molecule has 6 heteroatoms. The molecule has 29 heavy (non-hydrogen) atoms. The van der Waals surface area contributed by atoms with E-state index in [2.05, 4.69) is 19.1 Å². The van der Waals surface area contributed by atoms with Gasteiger partial charge in [0.25, 0.3) is 5.79 Å². The lowest BCUT2D eigenvalue weighted by Crippen LogP contribution is -2.37. The van der Waals surface area contributed by atoms with Gasteiger partial charge in [0.2, 0.25) is 0 Å². The van der Waals surface area contributed by atoms with E-state index in [1.807, 2.05) is 26.0 Å². The van der Waals surface area contributed by atoms with Crippen molar-refractivity contribution in [3.8, 4) is 0 Å². The molecule has 2 rings (SSSR count). The monoisotopic (exact) mass is 410 g/mol. The molecule has 6 nitrogen and oxygen atoms in total. The van der Waals surface area contributed by atoms with Crippen LogP contribution in [0.25, 0.3) is 0 Å². The number of hydrogen-bond donors (Lipinski definition) is 3. The quantitative estimate of drug-likeness (QED) is 0.254. The van der Waals surface area contributed by atoms with Gasteiger partial charge < -0.3 is 24.8 Å². The Labute approximate surface area is 174 Å². The molecule has 1 aliphatic heterocycles. The van der Waals surface area contributed by atoms with E-state index in [4.69, 9.17) is 14.6 Å². The Balaban J connectivity index is 1.88. The molecular weight excluding hydrogens is 372 g/mol. The van der Waals surface area contributed by atoms with Gasteiger partial charge in [-0.2, -0.15) is 0 Å². The highest BCUT2D eigenvalue weighted by molar-refractivity contribution is 5.74. The highest BCUT2D eigenvalue weighted by Gasteiger charge is 2.51. The molecule has 0 bridgehead atoms. The van der Waals surface area contributed by atoms with Gasteiger partial charge in [-0.1, -0.05) is 50.5 Å². The Bertz CT molecular complexity index is 580. The molecule has 3 N–H and O–H groups in total. The molecule has 0 unspecified atom stereocenters. The third kappa shape index (κ3) is 7.21. The fourth-order valence-corrected chi connectivity index (χ4v) is 4.34. The van der Waals surface area contributed by atoms with Crippen molar-refractivity contribution in [1.29, 1.82) is 0 Å². The summed E-state index contributed by atoms with van der Waals surface area (Å²) in [4.78, 5) is 10.7. The van der Waals surface area contributed by atoms with Gasteiger partial charge in [0, 0.05) is 12.3 Å². The SMILES string of the molecule is CCCCCCC=C[C@@H]1[C@@H](CC=CCCC(O)(O)C(=O)O)C[C@H]2OC(C)(C)O[C@@H]12. The number of aliphatic hydroxyl groups is 2. The van der Waals surface area contributed by atoms with E-state index in [9.17, 15) is 15.0 Å². The molecule has 0 aromatic carbocycles. The maximum atomic E-state index is 10.7. The van der Waals surface area contributed by atoms with Crippen LogP contribution in [0.15, 0.2) is 24.3 Å². The summed E-state index contributed by atoms with van der Waals surface area (Å²) in [5.41, 5.74) is 0. The summed E-state index contributed by atoms with van der Waals surface area (Å²) in [6.07, 6.45) is 16.5. The summed E-state index contributed by atoms with van der Waals surface area (Å²) in [6.45, 7) is 6.14. The first-order chi connectivity index (χ1) is 13.7. The number of rotatable bonds is 12. The molecule has 166 valence electrons. The number of carboxylic acids is 1. The minimum atomic E-state index is -2.66. The third-order valence-corrected chi connectivity index (χ3v) is 5.87. The van der Waals surface area contributed by atoms with Gasteiger partial charge in [0.05, 0.1) is 12.2 Å². The zero-order valence-electron chi connectivity index (χ0n) is 18.0. The molecule has 4 atom stereocenters. The van der Waals surface area contributed by atoms with Crippen LogP contribution in [-0.4, -0.2) is 45.1 Å². The van der Waals surface area contributed by atoms with Crippen molar-refractivity contribution in [1.82, 2.24) is 0 Å². The van der Waals surface area contributed by atoms with Crippen LogP contribution in [0.4, 0.5) is 0 Å². The Hall–Kier alpha value is -1.21. The number of unbranched alkanes of at least 4 members (excludes halogenated alkanes) is 4. The summed E-state index contributed by atoms with van der Waals surface area (Å²) >= 11 is 0. The summed E-state index contributed by atoms with van der Waals surface area (Å²) in [5.74, 6) is -4.12. The molecule has 0 aromatic rings. The van der Waals surface area contributed by atoms with Crippen LogP contribution in [0, 0.1) is 11.8 Å². The number of hydrogen-bond acceptors (Lipinski definition) is 5. The van der Waals surface area contributed by atoms with Gasteiger partial charge in [-0.25, -0.2) is 4.79 Å². The van der Waals surface area contributed by atoms with Crippen molar-refractivity contribution in [2.45, 2.75) is 102 Å². The number of carboxylic acid groups (broad SMARTS) is 1. The van der Waals surface area contributed by atoms with Gasteiger partial charge in [0.15, 0.2) is 5.79 Å². The Morgan fingerprint density at radius 3 is 2.55 bits per heavy atom. The second-order valence-corrected chi connectivity index (χ2v) is 8.86. The minimum absolute atomic E-state index is 0.0739. The standard InChI is InChI=1S/C23H38O6/c1-4-5-6-7-8-11-14-18-17(16-19-20(18)29-22(2,3)28-19)13-10-9-12-15-23(26,27)21(24)25/h9-11,14,17-20,26-27H,4-8,12-13,15-16H2,1-3H3,(H,24,25)/t17-,18+,19+,20-/m0/s1. The number of fused-ring (bicyclic) bond motifs is 1. The van der Waals surface area contributed by atoms with Crippen LogP contribution in [0.1, 0.15) is 78.6 Å². The van der Waals surface area contributed by atoms with Gasteiger partial charge >= 0.3 is 5.97 Å². The van der Waals surface area contributed by atoms with E-state index in [0.717, 1.165) is 19.3 Å². The lowest BCUT2D eigenvalue weighted by molar-refractivity contribution is -0.205. The van der Waals surface area contributed by atoms with Crippen molar-refractivity contribution in [3.63, 3.8) is 0 Å². The van der Waals surface area contributed by atoms with Gasteiger partial charge in [-0.05, 0) is 51.9 Å². The van der Waals surface area contributed by atoms with Crippen LogP contribution in [0.2, 0.25) is 0 Å². The van der Waals surface area contributed by atoms with Crippen LogP contribution < -0.4 is 0 Å². The molecule has 2 aliphatic rings. The maximum absolute atomic E-state index is 10.7. The molecule has 1 saturated heterocycles. The highest BCUT2D eigenvalue weighted by Crippen LogP contribution is 2.46. The van der Waals surface area contributed by atoms with Gasteiger partial charge in [-0.15, -0.1) is 0 Å². The lowest BCUT2D eigenvalue weighted by Gasteiger charge is -2.24. The van der Waals surface area contributed by atoms with E-state index >= 15 is 0 Å². The van der Waals surface area contributed by atoms with Gasteiger partial charge in [0.1, 0.15) is 0 Å². The fourth-order valence-electron chi connectivity index (χ4n) is 4.34. The average Bonchev–Trinajstić information content (AvgIpc) is 3.09. The second kappa shape index (κ2) is 10.7. The normalized spacial score (nSPS) is 29.1. The topological polar surface area (TPSA) is 96.2 Å². The number of ether oxygens (including phenoxy) is 2. The molecule has 0 radical (unpaired) electrons. The summed E-state index contributed by atoms with van der Waals surface area (Å²) < 4.78 is 12.3. The first-order valence-electron chi connectivity index (χ1n) is 11.0. The fraction of sp³-hybridized carbons (Fsp3) is 0.783. The van der Waals surface area contributed by atoms with E-state index < -0.39 is 17.5 Å². The van der Waals surface area contributed by atoms with Crippen LogP contribution in [0.5, 0.6) is 0 Å². The van der Waals surface area contributed by atoms with E-state index in [1.54, 1.807) is 0 Å². The summed E-state index contributed by atoms with van der Waals surface area (Å²) in [6, 6.07) is 0. The summed E-state index contributed by atoms with van der Waals surface area (Å²) in [5, 5.41) is 27.4. The molecule has 2 fully saturated rings. The highest BCUT2D eigenvalue weighted by atomic mass is 16.8. The Morgan fingerprint density at radius 1 is 1.10 bits per heavy atom. The maximum Gasteiger partial charge on any atom is 0.364 e. The summed E-state index contributed by atoms with van der Waals surface area (Å²) in [7, 11) is 0. The van der Waals surface area contributed by atoms with Crippen molar-refractivity contribution in [3.05, 3.63) is 24.3 Å². The first kappa shape index (κ1) is 24.1. The molecule has 0 aromatic heterocycles. The number of carbonyl (C=O) groups is 1. The first-order valence-corrected chi connectivity index (χ1v) is 11.0. The zero-order valence-corrected chi connectivity index (χ0v) is 18.0. The van der Waals surface area contributed by atoms with Crippen LogP contribution in [-0.2, 0) is 14.3 Å². The molecule has 1 aliphatic carbocycles. The smallest absolute Gasteiger partial charge is 0.364 e. The van der Waals surface area contributed by atoms with Crippen molar-refractivity contribution < 1.29 is 29.6 Å². The molecule has 0 spiro atoms. The minimum Gasteiger partial charge on any atom is -0.477 e. The third-order valence-electron chi connectivity index (χ3n) is 5.87. The second-order valence-electron chi connectivity index (χ2n) is 8.86. The molecule has 1 heterocycles. The number of allylic oxidation sites excluding steroid dienone is 3.